The second-order valence-corrected chi connectivity index (χ2v) is 8.21. The fourth-order valence-electron chi connectivity index (χ4n) is 2.97. The van der Waals surface area contributed by atoms with E-state index in [9.17, 15) is 13.2 Å². The van der Waals surface area contributed by atoms with Crippen molar-refractivity contribution in [1.29, 1.82) is 0 Å². The fourth-order valence-corrected chi connectivity index (χ4v) is 3.51. The number of methoxy groups -OCH3 is 1. The molecule has 1 heterocycles. The van der Waals surface area contributed by atoms with E-state index in [2.05, 4.69) is 16.6 Å². The Hall–Kier alpha value is -3.72. The third kappa shape index (κ3) is 4.89. The highest BCUT2D eigenvalue weighted by Gasteiger charge is 2.15. The molecule has 0 fully saturated rings. The highest BCUT2D eigenvalue weighted by molar-refractivity contribution is 7.95. The van der Waals surface area contributed by atoms with E-state index in [4.69, 9.17) is 9.47 Å². The van der Waals surface area contributed by atoms with Crippen LogP contribution in [0.4, 0.5) is 11.4 Å². The van der Waals surface area contributed by atoms with Crippen molar-refractivity contribution in [3.8, 4) is 28.4 Å². The SMILES string of the molecule is C=CS(=O)(=O)Nc1ccc(Oc2ccccc2OC)c(-c2cc(NC)c(=O)n(C)c2)c1. The molecule has 3 rings (SSSR count). The lowest BCUT2D eigenvalue weighted by atomic mass is 10.0. The summed E-state index contributed by atoms with van der Waals surface area (Å²) in [5.74, 6) is 1.48. The molecule has 31 heavy (non-hydrogen) atoms. The van der Waals surface area contributed by atoms with Crippen molar-refractivity contribution in [3.63, 3.8) is 0 Å². The van der Waals surface area contributed by atoms with Crippen molar-refractivity contribution >= 4 is 21.4 Å². The fraction of sp³-hybridized carbons (Fsp3) is 0.136. The number of aromatic nitrogens is 1. The Bertz CT molecular complexity index is 1280. The normalized spacial score (nSPS) is 10.9. The maximum absolute atomic E-state index is 12.3. The molecule has 0 aliphatic heterocycles. The van der Waals surface area contributed by atoms with Crippen LogP contribution in [0, 0.1) is 0 Å². The molecule has 2 aromatic carbocycles. The zero-order valence-corrected chi connectivity index (χ0v) is 18.2. The predicted octanol–water partition coefficient (Wildman–Crippen LogP) is 3.78. The van der Waals surface area contributed by atoms with Gasteiger partial charge in [-0.1, -0.05) is 18.7 Å². The second-order valence-electron chi connectivity index (χ2n) is 6.59. The number of para-hydroxylation sites is 2. The monoisotopic (exact) mass is 441 g/mol. The number of aryl methyl sites for hydroxylation is 1. The molecule has 0 bridgehead atoms. The number of anilines is 2. The van der Waals surface area contributed by atoms with Crippen molar-refractivity contribution in [1.82, 2.24) is 4.57 Å². The van der Waals surface area contributed by atoms with Crippen molar-refractivity contribution in [2.24, 2.45) is 7.05 Å². The Morgan fingerprint density at radius 1 is 1.06 bits per heavy atom. The summed E-state index contributed by atoms with van der Waals surface area (Å²) in [6.45, 7) is 3.31. The number of nitrogens with zero attached hydrogens (tertiary/aromatic N) is 1. The van der Waals surface area contributed by atoms with E-state index in [-0.39, 0.29) is 5.56 Å². The van der Waals surface area contributed by atoms with Gasteiger partial charge in [0.15, 0.2) is 11.5 Å². The number of nitrogens with one attached hydrogen (secondary N) is 2. The van der Waals surface area contributed by atoms with Crippen molar-refractivity contribution in [2.75, 3.05) is 24.2 Å². The molecule has 0 saturated heterocycles. The van der Waals surface area contributed by atoms with Gasteiger partial charge in [0.1, 0.15) is 11.4 Å². The molecule has 0 atom stereocenters. The summed E-state index contributed by atoms with van der Waals surface area (Å²) in [5, 5.41) is 3.71. The summed E-state index contributed by atoms with van der Waals surface area (Å²) in [5.41, 5.74) is 1.74. The van der Waals surface area contributed by atoms with Gasteiger partial charge in [0.2, 0.25) is 0 Å². The molecular formula is C22H23N3O5S. The number of hydrogen-bond donors (Lipinski definition) is 2. The largest absolute Gasteiger partial charge is 0.493 e. The highest BCUT2D eigenvalue weighted by Crippen LogP contribution is 2.39. The molecule has 0 radical (unpaired) electrons. The molecule has 0 saturated carbocycles. The molecule has 9 heteroatoms. The second kappa shape index (κ2) is 8.97. The molecular weight excluding hydrogens is 418 g/mol. The quantitative estimate of drug-likeness (QED) is 0.552. The van der Waals surface area contributed by atoms with Gasteiger partial charge in [-0.05, 0) is 36.4 Å². The minimum absolute atomic E-state index is 0.193. The van der Waals surface area contributed by atoms with Crippen molar-refractivity contribution < 1.29 is 17.9 Å². The lowest BCUT2D eigenvalue weighted by Crippen LogP contribution is -2.19. The van der Waals surface area contributed by atoms with Gasteiger partial charge in [0.25, 0.3) is 15.6 Å². The summed E-state index contributed by atoms with van der Waals surface area (Å²) in [6, 6.07) is 13.7. The molecule has 8 nitrogen and oxygen atoms in total. The summed E-state index contributed by atoms with van der Waals surface area (Å²) < 4.78 is 39.2. The summed E-state index contributed by atoms with van der Waals surface area (Å²) in [4.78, 5) is 12.3. The zero-order chi connectivity index (χ0) is 22.6. The van der Waals surface area contributed by atoms with Gasteiger partial charge >= 0.3 is 0 Å². The summed E-state index contributed by atoms with van der Waals surface area (Å²) in [7, 11) is 1.14. The first-order valence-corrected chi connectivity index (χ1v) is 10.8. The maximum Gasteiger partial charge on any atom is 0.273 e. The highest BCUT2D eigenvalue weighted by atomic mass is 32.2. The van der Waals surface area contributed by atoms with Gasteiger partial charge in [0, 0.05) is 42.5 Å². The Balaban J connectivity index is 2.18. The number of benzene rings is 2. The van der Waals surface area contributed by atoms with E-state index in [1.54, 1.807) is 63.8 Å². The minimum atomic E-state index is -3.70. The number of hydrogen-bond acceptors (Lipinski definition) is 6. The van der Waals surface area contributed by atoms with Crippen LogP contribution >= 0.6 is 0 Å². The molecule has 2 N–H and O–H groups in total. The van der Waals surface area contributed by atoms with E-state index < -0.39 is 10.0 Å². The third-order valence-electron chi connectivity index (χ3n) is 4.51. The topological polar surface area (TPSA) is 98.7 Å². The van der Waals surface area contributed by atoms with E-state index in [0.717, 1.165) is 5.41 Å². The van der Waals surface area contributed by atoms with Gasteiger partial charge < -0.3 is 19.4 Å². The molecule has 0 aliphatic carbocycles. The Morgan fingerprint density at radius 2 is 1.77 bits per heavy atom. The van der Waals surface area contributed by atoms with Crippen LogP contribution in [0.1, 0.15) is 0 Å². The summed E-state index contributed by atoms with van der Waals surface area (Å²) >= 11 is 0. The number of pyridine rings is 1. The predicted molar refractivity (Wildman–Crippen MR) is 122 cm³/mol. The standard InChI is InChI=1S/C22H23N3O5S/c1-5-31(27,28)24-16-10-11-19(30-21-9-7-6-8-20(21)29-4)17(13-16)15-12-18(23-2)22(26)25(3)14-15/h5-14,23-24H,1H2,2-4H3. The van der Waals surface area contributed by atoms with Gasteiger partial charge in [0.05, 0.1) is 7.11 Å². The van der Waals surface area contributed by atoms with E-state index in [1.165, 1.54) is 4.57 Å². The molecule has 1 aromatic heterocycles. The number of ether oxygens (including phenoxy) is 2. The van der Waals surface area contributed by atoms with Crippen LogP contribution < -0.4 is 25.1 Å². The van der Waals surface area contributed by atoms with Crippen LogP contribution in [0.25, 0.3) is 11.1 Å². The molecule has 0 spiro atoms. The summed E-state index contributed by atoms with van der Waals surface area (Å²) in [6.07, 6.45) is 1.65. The van der Waals surface area contributed by atoms with Gasteiger partial charge in [-0.15, -0.1) is 0 Å². The number of sulfonamides is 1. The molecule has 162 valence electrons. The van der Waals surface area contributed by atoms with Gasteiger partial charge in [-0.3, -0.25) is 9.52 Å². The lowest BCUT2D eigenvalue weighted by Gasteiger charge is -2.16. The van der Waals surface area contributed by atoms with Crippen LogP contribution in [0.15, 0.2) is 71.5 Å². The molecule has 3 aromatic rings. The van der Waals surface area contributed by atoms with Gasteiger partial charge in [-0.2, -0.15) is 0 Å². The average Bonchev–Trinajstić information content (AvgIpc) is 2.76. The Morgan fingerprint density at radius 3 is 2.42 bits per heavy atom. The van der Waals surface area contributed by atoms with Crippen LogP contribution in [0.3, 0.4) is 0 Å². The smallest absolute Gasteiger partial charge is 0.273 e. The van der Waals surface area contributed by atoms with E-state index in [0.29, 0.717) is 39.8 Å². The third-order valence-corrected chi connectivity index (χ3v) is 5.47. The minimum Gasteiger partial charge on any atom is -0.493 e. The Labute approximate surface area is 180 Å². The first-order valence-electron chi connectivity index (χ1n) is 9.27. The van der Waals surface area contributed by atoms with E-state index >= 15 is 0 Å². The van der Waals surface area contributed by atoms with Crippen molar-refractivity contribution in [2.45, 2.75) is 0 Å². The zero-order valence-electron chi connectivity index (χ0n) is 17.4. The Kier molecular flexibility index (Phi) is 6.36. The molecule has 0 aliphatic rings. The van der Waals surface area contributed by atoms with Gasteiger partial charge in [-0.25, -0.2) is 8.42 Å². The molecule has 0 amide bonds. The van der Waals surface area contributed by atoms with Crippen molar-refractivity contribution in [3.05, 3.63) is 77.1 Å². The van der Waals surface area contributed by atoms with E-state index in [1.807, 2.05) is 12.1 Å². The van der Waals surface area contributed by atoms with Crippen LogP contribution in [-0.2, 0) is 17.1 Å². The van der Waals surface area contributed by atoms with Crippen LogP contribution in [-0.4, -0.2) is 27.1 Å². The van der Waals surface area contributed by atoms with Crippen LogP contribution in [0.5, 0.6) is 17.2 Å². The number of rotatable bonds is 8. The molecule has 0 unspecified atom stereocenters. The maximum atomic E-state index is 12.3. The first kappa shape index (κ1) is 22.0. The van der Waals surface area contributed by atoms with Crippen LogP contribution in [0.2, 0.25) is 0 Å². The average molecular weight is 442 g/mol. The lowest BCUT2D eigenvalue weighted by molar-refractivity contribution is 0.379. The first-order chi connectivity index (χ1) is 14.8.